The lowest BCUT2D eigenvalue weighted by Gasteiger charge is -2.39. The van der Waals surface area contributed by atoms with E-state index in [1.807, 2.05) is 0 Å². The zero-order valence-electron chi connectivity index (χ0n) is 16.7. The van der Waals surface area contributed by atoms with E-state index in [0.29, 0.717) is 17.9 Å². The molecule has 3 atom stereocenters. The van der Waals surface area contributed by atoms with Crippen LogP contribution in [0.25, 0.3) is 0 Å². The predicted molar refractivity (Wildman–Crippen MR) is 106 cm³/mol. The largest absolute Gasteiger partial charge is 0.504 e. The Balaban J connectivity index is 2.17. The van der Waals surface area contributed by atoms with Crippen molar-refractivity contribution >= 4 is 5.97 Å². The molecule has 1 aliphatic rings. The van der Waals surface area contributed by atoms with Gasteiger partial charge in [-0.3, -0.25) is 4.79 Å². The third kappa shape index (κ3) is 4.10. The summed E-state index contributed by atoms with van der Waals surface area (Å²) in [6, 6.07) is 8.48. The van der Waals surface area contributed by atoms with E-state index < -0.39 is 5.97 Å². The Labute approximate surface area is 169 Å². The molecule has 0 amide bonds. The molecule has 0 saturated heterocycles. The molecule has 0 fully saturated rings. The number of rotatable bonds is 6. The van der Waals surface area contributed by atoms with Crippen molar-refractivity contribution in [3.05, 3.63) is 47.0 Å². The fourth-order valence-corrected chi connectivity index (χ4v) is 4.15. The molecular formula is C22H26O7. The van der Waals surface area contributed by atoms with E-state index in [1.54, 1.807) is 30.3 Å². The lowest BCUT2D eigenvalue weighted by Crippen LogP contribution is -2.36. The Hall–Kier alpha value is -2.93. The molecule has 7 heteroatoms. The minimum absolute atomic E-state index is 0.00989. The zero-order valence-corrected chi connectivity index (χ0v) is 16.7. The highest BCUT2D eigenvalue weighted by Gasteiger charge is 2.39. The van der Waals surface area contributed by atoms with Crippen LogP contribution in [0.4, 0.5) is 0 Å². The van der Waals surface area contributed by atoms with Crippen LogP contribution in [0.2, 0.25) is 0 Å². The van der Waals surface area contributed by atoms with Crippen LogP contribution < -0.4 is 9.47 Å². The van der Waals surface area contributed by atoms with Crippen LogP contribution >= 0.6 is 0 Å². The van der Waals surface area contributed by atoms with Crippen molar-refractivity contribution in [2.24, 2.45) is 11.8 Å². The van der Waals surface area contributed by atoms with Crippen molar-refractivity contribution < 1.29 is 34.3 Å². The fraction of sp³-hybridized carbons (Fsp3) is 0.409. The number of hydrogen-bond donors (Lipinski definition) is 3. The van der Waals surface area contributed by atoms with Crippen LogP contribution in [0.3, 0.4) is 0 Å². The van der Waals surface area contributed by atoms with Crippen LogP contribution in [-0.2, 0) is 16.0 Å². The Bertz CT molecular complexity index is 893. The van der Waals surface area contributed by atoms with Crippen LogP contribution in [0.5, 0.6) is 23.0 Å². The number of carbonyl (C=O) groups is 1. The molecule has 3 rings (SSSR count). The Kier molecular flexibility index (Phi) is 6.17. The average molecular weight is 402 g/mol. The van der Waals surface area contributed by atoms with Gasteiger partial charge in [0.1, 0.15) is 0 Å². The number of aliphatic hydroxyl groups is 1. The summed E-state index contributed by atoms with van der Waals surface area (Å²) in [5.74, 6) is -0.371. The summed E-state index contributed by atoms with van der Waals surface area (Å²) < 4.78 is 15.8. The molecule has 3 N–H and O–H groups in total. The SMILES string of the molecule is COc1cc(C2c3cc(O)c(OC)cc3CC(CO)C2COC(C)=O)ccc1O. The molecule has 2 aromatic rings. The number of hydrogen-bond acceptors (Lipinski definition) is 7. The first-order valence-corrected chi connectivity index (χ1v) is 9.40. The number of methoxy groups -OCH3 is 2. The molecule has 0 radical (unpaired) electrons. The summed E-state index contributed by atoms with van der Waals surface area (Å²) in [6.45, 7) is 1.39. The van der Waals surface area contributed by atoms with E-state index >= 15 is 0 Å². The lowest BCUT2D eigenvalue weighted by atomic mass is 9.67. The second kappa shape index (κ2) is 8.61. The van der Waals surface area contributed by atoms with Gasteiger partial charge in [0.2, 0.25) is 0 Å². The predicted octanol–water partition coefficient (Wildman–Crippen LogP) is 2.59. The molecule has 0 aromatic heterocycles. The molecule has 7 nitrogen and oxygen atoms in total. The molecule has 0 bridgehead atoms. The summed E-state index contributed by atoms with van der Waals surface area (Å²) in [5.41, 5.74) is 2.62. The maximum atomic E-state index is 11.5. The molecule has 29 heavy (non-hydrogen) atoms. The summed E-state index contributed by atoms with van der Waals surface area (Å²) >= 11 is 0. The van der Waals surface area contributed by atoms with Crippen LogP contribution in [-0.4, -0.2) is 48.7 Å². The molecular weight excluding hydrogens is 376 g/mol. The average Bonchev–Trinajstić information content (AvgIpc) is 2.71. The van der Waals surface area contributed by atoms with E-state index in [4.69, 9.17) is 14.2 Å². The number of phenols is 2. The quantitative estimate of drug-likeness (QED) is 0.638. The van der Waals surface area contributed by atoms with E-state index in [0.717, 1.165) is 16.7 Å². The molecule has 0 saturated carbocycles. The van der Waals surface area contributed by atoms with E-state index in [-0.39, 0.29) is 42.5 Å². The van der Waals surface area contributed by atoms with E-state index in [1.165, 1.54) is 21.1 Å². The lowest BCUT2D eigenvalue weighted by molar-refractivity contribution is -0.143. The smallest absolute Gasteiger partial charge is 0.302 e. The Morgan fingerprint density at radius 2 is 1.76 bits per heavy atom. The van der Waals surface area contributed by atoms with Gasteiger partial charge >= 0.3 is 5.97 Å². The molecule has 3 unspecified atom stereocenters. The van der Waals surface area contributed by atoms with Gasteiger partial charge in [-0.1, -0.05) is 6.07 Å². The fourth-order valence-electron chi connectivity index (χ4n) is 4.15. The highest BCUT2D eigenvalue weighted by Crippen LogP contribution is 2.48. The molecule has 0 heterocycles. The van der Waals surface area contributed by atoms with Gasteiger partial charge < -0.3 is 29.5 Å². The van der Waals surface area contributed by atoms with E-state index in [2.05, 4.69) is 0 Å². The first kappa shape index (κ1) is 20.8. The monoisotopic (exact) mass is 402 g/mol. The third-order valence-corrected chi connectivity index (χ3v) is 5.57. The second-order valence-corrected chi connectivity index (χ2v) is 7.25. The van der Waals surface area contributed by atoms with Gasteiger partial charge in [0, 0.05) is 25.4 Å². The normalized spacial score (nSPS) is 20.6. The maximum absolute atomic E-state index is 11.5. The number of phenolic OH excluding ortho intramolecular Hbond substituents is 2. The minimum Gasteiger partial charge on any atom is -0.504 e. The molecule has 1 aliphatic carbocycles. The summed E-state index contributed by atoms with van der Waals surface area (Å²) in [6.07, 6.45) is 0.556. The van der Waals surface area contributed by atoms with Crippen molar-refractivity contribution in [3.63, 3.8) is 0 Å². The highest BCUT2D eigenvalue weighted by atomic mass is 16.5. The topological polar surface area (TPSA) is 105 Å². The van der Waals surface area contributed by atoms with Crippen LogP contribution in [0.15, 0.2) is 30.3 Å². The first-order chi connectivity index (χ1) is 13.9. The van der Waals surface area contributed by atoms with Crippen LogP contribution in [0.1, 0.15) is 29.5 Å². The maximum Gasteiger partial charge on any atom is 0.302 e. The third-order valence-electron chi connectivity index (χ3n) is 5.57. The summed E-state index contributed by atoms with van der Waals surface area (Å²) in [7, 11) is 2.96. The van der Waals surface area contributed by atoms with Gasteiger partial charge in [0.15, 0.2) is 23.0 Å². The van der Waals surface area contributed by atoms with Gasteiger partial charge in [-0.05, 0) is 53.3 Å². The van der Waals surface area contributed by atoms with Gasteiger partial charge in [0.05, 0.1) is 20.8 Å². The van der Waals surface area contributed by atoms with Crippen molar-refractivity contribution in [1.82, 2.24) is 0 Å². The number of aliphatic hydroxyl groups excluding tert-OH is 1. The standard InChI is InChI=1S/C22H26O7/c1-12(24)29-11-17-15(10-23)6-14-8-21(28-3)19(26)9-16(14)22(17)13-4-5-18(25)20(7-13)27-2/h4-5,7-9,15,17,22-23,25-26H,6,10-11H2,1-3H3. The molecule has 2 aromatic carbocycles. The van der Waals surface area contributed by atoms with Crippen molar-refractivity contribution in [2.75, 3.05) is 27.4 Å². The summed E-state index contributed by atoms with van der Waals surface area (Å²) in [5, 5.41) is 30.4. The second-order valence-electron chi connectivity index (χ2n) is 7.25. The summed E-state index contributed by atoms with van der Waals surface area (Å²) in [4.78, 5) is 11.5. The van der Waals surface area contributed by atoms with Gasteiger partial charge in [-0.15, -0.1) is 0 Å². The van der Waals surface area contributed by atoms with Crippen molar-refractivity contribution in [2.45, 2.75) is 19.3 Å². The van der Waals surface area contributed by atoms with Crippen molar-refractivity contribution in [1.29, 1.82) is 0 Å². The number of ether oxygens (including phenoxy) is 3. The number of fused-ring (bicyclic) bond motifs is 1. The first-order valence-electron chi connectivity index (χ1n) is 9.40. The molecule has 0 aliphatic heterocycles. The Morgan fingerprint density at radius 1 is 1.07 bits per heavy atom. The van der Waals surface area contributed by atoms with Crippen molar-refractivity contribution in [3.8, 4) is 23.0 Å². The van der Waals surface area contributed by atoms with E-state index in [9.17, 15) is 20.1 Å². The highest BCUT2D eigenvalue weighted by molar-refractivity contribution is 5.66. The van der Waals surface area contributed by atoms with Gasteiger partial charge in [-0.25, -0.2) is 0 Å². The number of aromatic hydroxyl groups is 2. The van der Waals surface area contributed by atoms with Crippen LogP contribution in [0, 0.1) is 11.8 Å². The van der Waals surface area contributed by atoms with Gasteiger partial charge in [0.25, 0.3) is 0 Å². The van der Waals surface area contributed by atoms with Gasteiger partial charge in [-0.2, -0.15) is 0 Å². The molecule has 0 spiro atoms. The zero-order chi connectivity index (χ0) is 21.1. The number of carbonyl (C=O) groups excluding carboxylic acids is 1. The number of benzene rings is 2. The number of esters is 1. The molecule has 156 valence electrons. The Morgan fingerprint density at radius 3 is 2.38 bits per heavy atom. The minimum atomic E-state index is -0.396.